The molecule has 0 aromatic rings. The van der Waals surface area contributed by atoms with E-state index in [9.17, 15) is 94.8 Å². The number of esters is 1. The number of carbonyl (C=O) groups excluding carboxylic acids is 1. The minimum absolute atomic E-state index is 1.67. The quantitative estimate of drug-likeness (QED) is 0.269. The Bertz CT molecular complexity index is 965. The second kappa shape index (κ2) is 8.81. The van der Waals surface area contributed by atoms with E-state index in [1.165, 1.54) is 0 Å². The largest absolute Gasteiger partial charge is 0.460 e. The van der Waals surface area contributed by atoms with E-state index in [4.69, 9.17) is 0 Å². The fourth-order valence-electron chi connectivity index (χ4n) is 3.48. The van der Waals surface area contributed by atoms with Gasteiger partial charge in [0.1, 0.15) is 6.10 Å². The third kappa shape index (κ3) is 4.19. The average Bonchev–Trinajstić information content (AvgIpc) is 3.17. The van der Waals surface area contributed by atoms with Crippen molar-refractivity contribution in [3.05, 3.63) is 0 Å². The van der Waals surface area contributed by atoms with Crippen LogP contribution in [0.3, 0.4) is 0 Å². The van der Waals surface area contributed by atoms with Gasteiger partial charge in [-0.05, 0) is 6.42 Å². The molecule has 230 valence electrons. The number of halogens is 17. The molecule has 6 nitrogen and oxygen atoms in total. The van der Waals surface area contributed by atoms with Gasteiger partial charge in [-0.2, -0.15) is 74.6 Å². The number of ether oxygens (including phenoxy) is 2. The molecule has 0 saturated carbocycles. The molecule has 2 fully saturated rings. The van der Waals surface area contributed by atoms with Gasteiger partial charge in [0.25, 0.3) is 0 Å². The predicted molar refractivity (Wildman–Crippen MR) is 81.6 cm³/mol. The highest BCUT2D eigenvalue weighted by Gasteiger charge is 2.95. The van der Waals surface area contributed by atoms with Gasteiger partial charge in [0.2, 0.25) is 0 Å². The lowest BCUT2D eigenvalue weighted by molar-refractivity contribution is -0.462. The topological polar surface area (TPSA) is 96.2 Å². The van der Waals surface area contributed by atoms with Crippen LogP contribution in [0.4, 0.5) is 74.6 Å². The molecule has 3 N–H and O–H groups in total. The van der Waals surface area contributed by atoms with Crippen molar-refractivity contribution in [2.24, 2.45) is 0 Å². The SMILES string of the molecule is O=C1O[C@H]2[C@H](OC(O)[C@@]2(O)CCC(F)(F)C(F)(F)C(F)(F)C(F)(F)C(F)(F)C(F)(F)C(F)(F)C(F)(F)F)[C@@H]1O. The van der Waals surface area contributed by atoms with E-state index >= 15 is 0 Å². The molecule has 0 aromatic heterocycles. The lowest BCUT2D eigenvalue weighted by Gasteiger charge is -2.43. The number of hydrogen-bond donors (Lipinski definition) is 3. The summed E-state index contributed by atoms with van der Waals surface area (Å²) in [5.41, 5.74) is -3.51. The van der Waals surface area contributed by atoms with Crippen LogP contribution in [0.2, 0.25) is 0 Å². The van der Waals surface area contributed by atoms with Gasteiger partial charge in [-0.1, -0.05) is 0 Å². The first-order valence-corrected chi connectivity index (χ1v) is 9.56. The summed E-state index contributed by atoms with van der Waals surface area (Å²) in [6.45, 7) is 0. The smallest absolute Gasteiger partial charge is 0.454 e. The van der Waals surface area contributed by atoms with E-state index in [1.54, 1.807) is 0 Å². The van der Waals surface area contributed by atoms with E-state index in [0.717, 1.165) is 0 Å². The summed E-state index contributed by atoms with van der Waals surface area (Å²) in [5.74, 6) is -59.5. The summed E-state index contributed by atoms with van der Waals surface area (Å²) in [5, 5.41) is 29.1. The second-order valence-electron chi connectivity index (χ2n) is 8.40. The standard InChI is InChI=1S/C16H11F17O6/c17-9(18,2-1-8(37)5-4(38-7(8)36)3(34)6(35)39-5)10(19,20)11(21,22)12(23,24)13(25,26)14(27,28)15(29,30)16(31,32)33/h3-5,7,34,36-37H,1-2H2/t3-,4+,5-,7?,8+/m0/s1. The van der Waals surface area contributed by atoms with Gasteiger partial charge < -0.3 is 24.8 Å². The van der Waals surface area contributed by atoms with Gasteiger partial charge in [0.05, 0.1) is 0 Å². The van der Waals surface area contributed by atoms with Gasteiger partial charge >= 0.3 is 53.6 Å². The van der Waals surface area contributed by atoms with Crippen molar-refractivity contribution in [3.8, 4) is 0 Å². The Balaban J connectivity index is 2.44. The van der Waals surface area contributed by atoms with Crippen LogP contribution < -0.4 is 0 Å². The second-order valence-corrected chi connectivity index (χ2v) is 8.40. The van der Waals surface area contributed by atoms with Gasteiger partial charge in [-0.25, -0.2) is 4.79 Å². The Morgan fingerprint density at radius 1 is 0.667 bits per heavy atom. The fourth-order valence-corrected chi connectivity index (χ4v) is 3.48. The molecule has 2 aliphatic rings. The molecule has 0 amide bonds. The molecule has 5 atom stereocenters. The van der Waals surface area contributed by atoms with Gasteiger partial charge in [-0.15, -0.1) is 0 Å². The highest BCUT2D eigenvalue weighted by atomic mass is 19.4. The monoisotopic (exact) mass is 622 g/mol. The lowest BCUT2D eigenvalue weighted by Crippen LogP contribution is -2.74. The average molecular weight is 622 g/mol. The zero-order chi connectivity index (χ0) is 31.2. The van der Waals surface area contributed by atoms with Gasteiger partial charge in [-0.3, -0.25) is 0 Å². The maximum Gasteiger partial charge on any atom is 0.460 e. The van der Waals surface area contributed by atoms with Crippen molar-refractivity contribution < 1.29 is 104 Å². The minimum Gasteiger partial charge on any atom is -0.454 e. The van der Waals surface area contributed by atoms with E-state index in [2.05, 4.69) is 9.47 Å². The van der Waals surface area contributed by atoms with Crippen molar-refractivity contribution in [2.75, 3.05) is 0 Å². The molecule has 2 rings (SSSR count). The summed E-state index contributed by atoms with van der Waals surface area (Å²) in [7, 11) is 0. The van der Waals surface area contributed by atoms with Crippen LogP contribution in [0.5, 0.6) is 0 Å². The zero-order valence-electron chi connectivity index (χ0n) is 17.7. The Hall–Kier alpha value is -1.88. The van der Waals surface area contributed by atoms with E-state index < -0.39 is 96.6 Å². The molecule has 2 saturated heterocycles. The minimum atomic E-state index is -8.78. The van der Waals surface area contributed by atoms with E-state index in [0.29, 0.717) is 0 Å². The number of hydrogen-bond acceptors (Lipinski definition) is 6. The van der Waals surface area contributed by atoms with Crippen LogP contribution in [0.15, 0.2) is 0 Å². The fraction of sp³-hybridized carbons (Fsp3) is 0.938. The summed E-state index contributed by atoms with van der Waals surface area (Å²) in [6, 6.07) is 0. The number of fused-ring (bicyclic) bond motifs is 1. The van der Waals surface area contributed by atoms with Crippen LogP contribution in [0.1, 0.15) is 12.8 Å². The van der Waals surface area contributed by atoms with Crippen molar-refractivity contribution >= 4 is 5.97 Å². The van der Waals surface area contributed by atoms with Crippen LogP contribution in [-0.2, 0) is 14.3 Å². The Kier molecular flexibility index (Phi) is 7.53. The third-order valence-electron chi connectivity index (χ3n) is 5.93. The maximum atomic E-state index is 14.1. The molecule has 0 radical (unpaired) electrons. The van der Waals surface area contributed by atoms with Crippen molar-refractivity contribution in [1.82, 2.24) is 0 Å². The third-order valence-corrected chi connectivity index (χ3v) is 5.93. The van der Waals surface area contributed by atoms with Crippen molar-refractivity contribution in [2.45, 2.75) is 90.7 Å². The first-order chi connectivity index (χ1) is 16.9. The van der Waals surface area contributed by atoms with Crippen molar-refractivity contribution in [3.63, 3.8) is 0 Å². The van der Waals surface area contributed by atoms with E-state index in [-0.39, 0.29) is 0 Å². The lowest BCUT2D eigenvalue weighted by atomic mass is 9.84. The Morgan fingerprint density at radius 2 is 1.05 bits per heavy atom. The molecule has 1 unspecified atom stereocenters. The molecule has 0 aromatic carbocycles. The highest BCUT2D eigenvalue weighted by molar-refractivity contribution is 5.78. The molecular weight excluding hydrogens is 611 g/mol. The predicted octanol–water partition coefficient (Wildman–Crippen LogP) is 3.51. The molecule has 0 aliphatic carbocycles. The molecule has 0 bridgehead atoms. The number of carbonyl (C=O) groups is 1. The highest BCUT2D eigenvalue weighted by Crippen LogP contribution is 2.64. The molecular formula is C16H11F17O6. The van der Waals surface area contributed by atoms with Crippen LogP contribution in [0.25, 0.3) is 0 Å². The Morgan fingerprint density at radius 3 is 1.46 bits per heavy atom. The number of aliphatic hydroxyl groups excluding tert-OH is 2. The normalized spacial score (nSPS) is 30.0. The van der Waals surface area contributed by atoms with Crippen molar-refractivity contribution in [1.29, 1.82) is 0 Å². The van der Waals surface area contributed by atoms with Gasteiger partial charge in [0, 0.05) is 6.42 Å². The van der Waals surface area contributed by atoms with Gasteiger partial charge in [0.15, 0.2) is 24.1 Å². The molecule has 39 heavy (non-hydrogen) atoms. The first-order valence-electron chi connectivity index (χ1n) is 9.56. The number of rotatable bonds is 9. The number of alkyl halides is 17. The van der Waals surface area contributed by atoms with Crippen LogP contribution >= 0.6 is 0 Å². The number of aliphatic hydroxyl groups is 3. The molecule has 23 heteroatoms. The molecule has 2 aliphatic heterocycles. The maximum absolute atomic E-state index is 14.1. The molecule has 0 spiro atoms. The van der Waals surface area contributed by atoms with Crippen LogP contribution in [-0.4, -0.2) is 99.1 Å². The zero-order valence-corrected chi connectivity index (χ0v) is 17.7. The summed E-state index contributed by atoms with van der Waals surface area (Å²) >= 11 is 0. The summed E-state index contributed by atoms with van der Waals surface area (Å²) in [6.07, 6.45) is -22.9. The molecule has 2 heterocycles. The summed E-state index contributed by atoms with van der Waals surface area (Å²) in [4.78, 5) is 11.2. The van der Waals surface area contributed by atoms with Crippen LogP contribution in [0, 0.1) is 0 Å². The summed E-state index contributed by atoms with van der Waals surface area (Å²) < 4.78 is 235. The Labute approximate surface area is 202 Å². The van der Waals surface area contributed by atoms with E-state index in [1.807, 2.05) is 0 Å². The first kappa shape index (κ1) is 33.3.